The van der Waals surface area contributed by atoms with Gasteiger partial charge in [0.15, 0.2) is 0 Å². The number of carbonyl (C=O) groups is 1. The van der Waals surface area contributed by atoms with Gasteiger partial charge in [0.25, 0.3) is 5.91 Å². The van der Waals surface area contributed by atoms with Crippen LogP contribution in [0.1, 0.15) is 16.7 Å². The molecule has 3 nitrogen and oxygen atoms in total. The number of aryl methyl sites for hydroxylation is 1. The molecule has 0 unspecified atom stereocenters. The van der Waals surface area contributed by atoms with E-state index in [2.05, 4.69) is 18.4 Å². The summed E-state index contributed by atoms with van der Waals surface area (Å²) in [4.78, 5) is 13.6. The Morgan fingerprint density at radius 3 is 2.43 bits per heavy atom. The van der Waals surface area contributed by atoms with Crippen molar-refractivity contribution in [3.05, 3.63) is 77.4 Å². The highest BCUT2D eigenvalue weighted by molar-refractivity contribution is 6.05. The molecule has 3 heteroatoms. The number of hydrogen-bond donors (Lipinski definition) is 1. The van der Waals surface area contributed by atoms with E-state index in [0.717, 1.165) is 11.1 Å². The monoisotopic (exact) mass is 305 g/mol. The Labute approximate surface area is 136 Å². The number of para-hydroxylation sites is 1. The highest BCUT2D eigenvalue weighted by Gasteiger charge is 2.15. The number of benzene rings is 2. The van der Waals surface area contributed by atoms with Crippen molar-refractivity contribution >= 4 is 11.6 Å². The van der Waals surface area contributed by atoms with Crippen LogP contribution in [0.4, 0.5) is 5.69 Å². The van der Waals surface area contributed by atoms with Gasteiger partial charge in [-0.05, 0) is 31.2 Å². The molecule has 0 spiro atoms. The Bertz CT molecular complexity index is 779. The van der Waals surface area contributed by atoms with Gasteiger partial charge in [-0.2, -0.15) is 0 Å². The molecule has 0 aliphatic rings. The van der Waals surface area contributed by atoms with Gasteiger partial charge in [0, 0.05) is 23.7 Å². The van der Waals surface area contributed by atoms with Crippen LogP contribution in [-0.4, -0.2) is 24.7 Å². The van der Waals surface area contributed by atoms with E-state index in [9.17, 15) is 4.79 Å². The predicted octanol–water partition coefficient (Wildman–Crippen LogP) is 2.91. The number of rotatable bonds is 3. The first kappa shape index (κ1) is 16.5. The molecule has 1 amide bonds. The minimum Gasteiger partial charge on any atom is -0.391 e. The fourth-order valence-electron chi connectivity index (χ4n) is 2.06. The first-order valence-electron chi connectivity index (χ1n) is 7.27. The molecule has 0 aliphatic carbocycles. The van der Waals surface area contributed by atoms with Crippen LogP contribution in [0.15, 0.2) is 60.7 Å². The van der Waals surface area contributed by atoms with E-state index in [1.165, 1.54) is 10.5 Å². The Morgan fingerprint density at radius 2 is 1.78 bits per heavy atom. The number of nitrogens with zero attached hydrogens (tertiary/aromatic N) is 1. The topological polar surface area (TPSA) is 40.5 Å². The van der Waals surface area contributed by atoms with Crippen LogP contribution in [0.25, 0.3) is 0 Å². The summed E-state index contributed by atoms with van der Waals surface area (Å²) >= 11 is 0. The van der Waals surface area contributed by atoms with Crippen LogP contribution < -0.4 is 4.90 Å². The lowest BCUT2D eigenvalue weighted by Crippen LogP contribution is -2.29. The third kappa shape index (κ3) is 4.09. The highest BCUT2D eigenvalue weighted by Crippen LogP contribution is 2.19. The molecule has 2 aromatic carbocycles. The van der Waals surface area contributed by atoms with E-state index in [4.69, 9.17) is 5.11 Å². The predicted molar refractivity (Wildman–Crippen MR) is 93.2 cm³/mol. The third-order valence-corrected chi connectivity index (χ3v) is 3.46. The molecule has 0 heterocycles. The molecule has 0 fully saturated rings. The van der Waals surface area contributed by atoms with Gasteiger partial charge in [0.2, 0.25) is 0 Å². The zero-order valence-electron chi connectivity index (χ0n) is 13.3. The van der Waals surface area contributed by atoms with Gasteiger partial charge in [-0.25, -0.2) is 0 Å². The Kier molecular flexibility index (Phi) is 5.35. The van der Waals surface area contributed by atoms with Crippen LogP contribution >= 0.6 is 0 Å². The fourth-order valence-corrected chi connectivity index (χ4v) is 2.06. The number of aliphatic hydroxyl groups excluding tert-OH is 1. The summed E-state index contributed by atoms with van der Waals surface area (Å²) in [6.45, 7) is 5.24. The molecule has 0 aliphatic heterocycles. The lowest BCUT2D eigenvalue weighted by molar-refractivity contribution is -0.115. The highest BCUT2D eigenvalue weighted by atomic mass is 16.3. The average Bonchev–Trinajstić information content (AvgIpc) is 2.59. The normalized spacial score (nSPS) is 9.70. The van der Waals surface area contributed by atoms with E-state index < -0.39 is 0 Å². The maximum absolute atomic E-state index is 12.2. The van der Waals surface area contributed by atoms with Crippen molar-refractivity contribution < 1.29 is 9.90 Å². The van der Waals surface area contributed by atoms with Crippen molar-refractivity contribution in [2.75, 3.05) is 18.6 Å². The zero-order valence-corrected chi connectivity index (χ0v) is 13.3. The molecule has 23 heavy (non-hydrogen) atoms. The average molecular weight is 305 g/mol. The molecule has 0 aromatic heterocycles. The second kappa shape index (κ2) is 7.44. The molecule has 2 aromatic rings. The third-order valence-electron chi connectivity index (χ3n) is 3.46. The molecule has 0 saturated heterocycles. The summed E-state index contributed by atoms with van der Waals surface area (Å²) in [6.07, 6.45) is 0. The van der Waals surface area contributed by atoms with E-state index in [1.807, 2.05) is 55.5 Å². The van der Waals surface area contributed by atoms with Crippen LogP contribution in [0.3, 0.4) is 0 Å². The molecule has 116 valence electrons. The van der Waals surface area contributed by atoms with Gasteiger partial charge in [0.05, 0.1) is 12.3 Å². The lowest BCUT2D eigenvalue weighted by atomic mass is 10.1. The van der Waals surface area contributed by atoms with Gasteiger partial charge in [-0.15, -0.1) is 0 Å². The molecule has 0 saturated carbocycles. The summed E-state index contributed by atoms with van der Waals surface area (Å²) in [7, 11) is 1.65. The molecule has 1 N–H and O–H groups in total. The summed E-state index contributed by atoms with van der Waals surface area (Å²) in [6, 6.07) is 15.4. The molecule has 0 bridgehead atoms. The SMILES string of the molecule is C=C(CO)C(=O)N(C)c1ccccc1C#Cc1ccc(C)cc1. The second-order valence-corrected chi connectivity index (χ2v) is 5.26. The molecule has 2 rings (SSSR count). The molecule has 0 radical (unpaired) electrons. The Balaban J connectivity index is 2.33. The first-order chi connectivity index (χ1) is 11.0. The molecular formula is C20H19NO2. The van der Waals surface area contributed by atoms with Crippen molar-refractivity contribution in [2.24, 2.45) is 0 Å². The van der Waals surface area contributed by atoms with Gasteiger partial charge in [0.1, 0.15) is 0 Å². The second-order valence-electron chi connectivity index (χ2n) is 5.26. The van der Waals surface area contributed by atoms with Crippen molar-refractivity contribution in [3.8, 4) is 11.8 Å². The smallest absolute Gasteiger partial charge is 0.255 e. The first-order valence-corrected chi connectivity index (χ1v) is 7.27. The minimum absolute atomic E-state index is 0.147. The number of anilines is 1. The lowest BCUT2D eigenvalue weighted by Gasteiger charge is -2.19. The Morgan fingerprint density at radius 1 is 1.13 bits per heavy atom. The van der Waals surface area contributed by atoms with Crippen molar-refractivity contribution in [1.82, 2.24) is 0 Å². The summed E-state index contributed by atoms with van der Waals surface area (Å²) in [5, 5.41) is 9.07. The van der Waals surface area contributed by atoms with Gasteiger partial charge in [-0.3, -0.25) is 4.79 Å². The van der Waals surface area contributed by atoms with Gasteiger partial charge < -0.3 is 10.0 Å². The summed E-state index contributed by atoms with van der Waals surface area (Å²) < 4.78 is 0. The van der Waals surface area contributed by atoms with Crippen molar-refractivity contribution in [3.63, 3.8) is 0 Å². The number of amides is 1. The van der Waals surface area contributed by atoms with Crippen molar-refractivity contribution in [2.45, 2.75) is 6.92 Å². The molecule has 0 atom stereocenters. The van der Waals surface area contributed by atoms with Crippen LogP contribution in [0.2, 0.25) is 0 Å². The van der Waals surface area contributed by atoms with E-state index in [0.29, 0.717) is 5.69 Å². The van der Waals surface area contributed by atoms with Gasteiger partial charge in [-0.1, -0.05) is 48.2 Å². The number of aliphatic hydroxyl groups is 1. The maximum Gasteiger partial charge on any atom is 0.255 e. The minimum atomic E-state index is -0.361. The van der Waals surface area contributed by atoms with Crippen LogP contribution in [-0.2, 0) is 4.79 Å². The number of carbonyl (C=O) groups excluding carboxylic acids is 1. The maximum atomic E-state index is 12.2. The molecular weight excluding hydrogens is 286 g/mol. The standard InChI is InChI=1S/C20H19NO2/c1-15-8-10-17(11-9-15)12-13-18-6-4-5-7-19(18)21(3)20(23)16(2)14-22/h4-11,22H,2,14H2,1,3H3. The Hall–Kier alpha value is -2.83. The number of likely N-dealkylation sites (N-methyl/N-ethyl adjacent to an activating group) is 1. The van der Waals surface area contributed by atoms with Crippen molar-refractivity contribution in [1.29, 1.82) is 0 Å². The summed E-state index contributed by atoms with van der Waals surface area (Å²) in [5.74, 6) is 5.89. The fraction of sp³-hybridized carbons (Fsp3) is 0.150. The van der Waals surface area contributed by atoms with E-state index in [-0.39, 0.29) is 18.1 Å². The zero-order chi connectivity index (χ0) is 16.8. The van der Waals surface area contributed by atoms with E-state index in [1.54, 1.807) is 7.05 Å². The van der Waals surface area contributed by atoms with Crippen LogP contribution in [0, 0.1) is 18.8 Å². The summed E-state index contributed by atoms with van der Waals surface area (Å²) in [5.41, 5.74) is 3.68. The van der Waals surface area contributed by atoms with E-state index >= 15 is 0 Å². The quantitative estimate of drug-likeness (QED) is 0.700. The van der Waals surface area contributed by atoms with Gasteiger partial charge >= 0.3 is 0 Å². The number of hydrogen-bond acceptors (Lipinski definition) is 2. The van der Waals surface area contributed by atoms with Crippen LogP contribution in [0.5, 0.6) is 0 Å². The largest absolute Gasteiger partial charge is 0.391 e.